The van der Waals surface area contributed by atoms with Gasteiger partial charge in [-0.15, -0.1) is 0 Å². The number of amides is 5. The van der Waals surface area contributed by atoms with E-state index in [1.807, 2.05) is 18.2 Å². The zero-order chi connectivity index (χ0) is 28.9. The summed E-state index contributed by atoms with van der Waals surface area (Å²) in [6, 6.07) is 11.3. The van der Waals surface area contributed by atoms with E-state index in [0.717, 1.165) is 41.0 Å². The Morgan fingerprint density at radius 1 is 0.949 bits per heavy atom. The number of hydrogen-bond donors (Lipinski definition) is 2. The fraction of sp³-hybridized carbons (Fsp3) is 0.467. The normalized spacial score (nSPS) is 16.5. The lowest BCUT2D eigenvalue weighted by Gasteiger charge is -2.38. The monoisotopic (exact) mass is 538 g/mol. The fourth-order valence-electron chi connectivity index (χ4n) is 5.44. The third-order valence-corrected chi connectivity index (χ3v) is 7.21. The van der Waals surface area contributed by atoms with Crippen LogP contribution < -0.4 is 16.0 Å². The van der Waals surface area contributed by atoms with Crippen LogP contribution in [0, 0.1) is 5.82 Å². The van der Waals surface area contributed by atoms with E-state index < -0.39 is 35.7 Å². The van der Waals surface area contributed by atoms with Crippen molar-refractivity contribution in [1.29, 1.82) is 0 Å². The second-order valence-electron chi connectivity index (χ2n) is 10.8. The number of rotatable bonds is 6. The first-order valence-corrected chi connectivity index (χ1v) is 13.5. The smallest absolute Gasteiger partial charge is 0.332 e. The van der Waals surface area contributed by atoms with Gasteiger partial charge in [0.05, 0.1) is 5.69 Å². The molecule has 2 aromatic rings. The van der Waals surface area contributed by atoms with Gasteiger partial charge in [-0.05, 0) is 47.9 Å². The van der Waals surface area contributed by atoms with Crippen molar-refractivity contribution in [3.8, 4) is 0 Å². The second-order valence-corrected chi connectivity index (χ2v) is 10.8. The molecular formula is C30H39FN4O4. The van der Waals surface area contributed by atoms with E-state index >= 15 is 0 Å². The number of hydrogen-bond acceptors (Lipinski definition) is 4. The van der Waals surface area contributed by atoms with Crippen molar-refractivity contribution >= 4 is 35.1 Å². The lowest BCUT2D eigenvalue weighted by molar-refractivity contribution is -0.134. The molecule has 39 heavy (non-hydrogen) atoms. The third kappa shape index (κ3) is 6.29. The Kier molecular flexibility index (Phi) is 9.48. The number of carbonyl (C=O) groups is 4. The molecule has 0 radical (unpaired) electrons. The van der Waals surface area contributed by atoms with E-state index in [2.05, 4.69) is 38.7 Å². The average molecular weight is 539 g/mol. The van der Waals surface area contributed by atoms with Gasteiger partial charge < -0.3 is 11.1 Å². The van der Waals surface area contributed by atoms with E-state index in [9.17, 15) is 23.6 Å². The molecule has 1 aliphatic carbocycles. The summed E-state index contributed by atoms with van der Waals surface area (Å²) in [7, 11) is 0. The summed E-state index contributed by atoms with van der Waals surface area (Å²) < 4.78 is 14.8. The zero-order valence-electron chi connectivity index (χ0n) is 23.4. The summed E-state index contributed by atoms with van der Waals surface area (Å²) in [6.07, 6.45) is 3.40. The second kappa shape index (κ2) is 12.4. The summed E-state index contributed by atoms with van der Waals surface area (Å²) in [6.45, 7) is 9.13. The molecule has 0 bridgehead atoms. The van der Waals surface area contributed by atoms with Crippen LogP contribution in [0.4, 0.5) is 20.6 Å². The number of nitrogens with zero attached hydrogens (tertiary/aromatic N) is 2. The Bertz CT molecular complexity index is 1210. The van der Waals surface area contributed by atoms with Crippen LogP contribution in [0.3, 0.4) is 0 Å². The van der Waals surface area contributed by atoms with E-state index in [-0.39, 0.29) is 23.4 Å². The van der Waals surface area contributed by atoms with Gasteiger partial charge in [-0.3, -0.25) is 24.2 Å². The molecule has 5 amide bonds. The van der Waals surface area contributed by atoms with Crippen molar-refractivity contribution < 1.29 is 23.6 Å². The summed E-state index contributed by atoms with van der Waals surface area (Å²) in [5.74, 6) is -1.38. The van der Waals surface area contributed by atoms with Crippen LogP contribution in [0.2, 0.25) is 0 Å². The Balaban J connectivity index is 0.000000983. The molecule has 1 heterocycles. The minimum Gasteiger partial charge on any atom is -0.370 e. The van der Waals surface area contributed by atoms with Gasteiger partial charge in [0.1, 0.15) is 17.9 Å². The molecule has 1 saturated heterocycles. The molecule has 0 aromatic heterocycles. The molecule has 0 unspecified atom stereocenters. The van der Waals surface area contributed by atoms with Gasteiger partial charge in [0.2, 0.25) is 11.8 Å². The Hall–Kier alpha value is -3.75. The van der Waals surface area contributed by atoms with E-state index in [0.29, 0.717) is 12.8 Å². The molecule has 2 aromatic carbocycles. The predicted octanol–water partition coefficient (Wildman–Crippen LogP) is 5.67. The van der Waals surface area contributed by atoms with E-state index in [4.69, 9.17) is 0 Å². The highest BCUT2D eigenvalue weighted by Crippen LogP contribution is 2.44. The van der Waals surface area contributed by atoms with Crippen molar-refractivity contribution in [2.45, 2.75) is 84.1 Å². The van der Waals surface area contributed by atoms with Gasteiger partial charge >= 0.3 is 6.03 Å². The van der Waals surface area contributed by atoms with Gasteiger partial charge in [0, 0.05) is 12.6 Å². The Morgan fingerprint density at radius 3 is 2.00 bits per heavy atom. The van der Waals surface area contributed by atoms with Crippen molar-refractivity contribution in [2.75, 3.05) is 16.8 Å². The predicted molar refractivity (Wildman–Crippen MR) is 150 cm³/mol. The zero-order valence-corrected chi connectivity index (χ0v) is 23.4. The van der Waals surface area contributed by atoms with Gasteiger partial charge in [-0.25, -0.2) is 9.18 Å². The summed E-state index contributed by atoms with van der Waals surface area (Å²) in [5, 5.41) is 2.99. The van der Waals surface area contributed by atoms with Gasteiger partial charge in [0.15, 0.2) is 0 Å². The first kappa shape index (κ1) is 29.8. The van der Waals surface area contributed by atoms with E-state index in [1.54, 1.807) is 12.1 Å². The van der Waals surface area contributed by atoms with Gasteiger partial charge in [-0.2, -0.15) is 0 Å². The Morgan fingerprint density at radius 2 is 1.49 bits per heavy atom. The van der Waals surface area contributed by atoms with Gasteiger partial charge in [-0.1, -0.05) is 77.3 Å². The number of anilines is 2. The number of halogens is 1. The molecular weight excluding hydrogens is 499 g/mol. The number of benzene rings is 2. The third-order valence-electron chi connectivity index (χ3n) is 7.21. The first-order chi connectivity index (χ1) is 18.4. The van der Waals surface area contributed by atoms with Crippen LogP contribution in [-0.2, 0) is 14.4 Å². The minimum absolute atomic E-state index is 0.0860. The quantitative estimate of drug-likeness (QED) is 0.461. The molecule has 3 N–H and O–H groups in total. The number of nitrogens with one attached hydrogen (secondary N) is 1. The van der Waals surface area contributed by atoms with Crippen LogP contribution in [0.25, 0.3) is 0 Å². The molecule has 1 saturated carbocycles. The molecule has 4 rings (SSSR count). The molecule has 8 nitrogen and oxygen atoms in total. The minimum atomic E-state index is -1.14. The number of para-hydroxylation sites is 2. The van der Waals surface area contributed by atoms with Crippen LogP contribution in [0.15, 0.2) is 42.5 Å². The van der Waals surface area contributed by atoms with Crippen LogP contribution in [-0.4, -0.2) is 40.7 Å². The number of nitrogens with two attached hydrogens (primary N) is 1. The largest absolute Gasteiger partial charge is 0.370 e. The molecule has 0 atom stereocenters. The standard InChI is InChI=1S/C28H34FN3O3.C2H5NO/c1-18(2)20-11-10-12-21(19(3)4)25(20)30-24(33)17-31-26(34)28(15-8-5-9-16-28)32(27(31)35)23-14-7-6-13-22(23)29;1-2(3)4/h6-7,10-14,18-19H,5,8-9,15-17H2,1-4H3,(H,30,33);1H3,(H2,3,4). The topological polar surface area (TPSA) is 113 Å². The van der Waals surface area contributed by atoms with Crippen molar-refractivity contribution in [1.82, 2.24) is 4.90 Å². The molecule has 210 valence electrons. The average Bonchev–Trinajstić information content (AvgIpc) is 3.05. The van der Waals surface area contributed by atoms with Gasteiger partial charge in [0.25, 0.3) is 5.91 Å². The maximum absolute atomic E-state index is 14.8. The van der Waals surface area contributed by atoms with E-state index in [1.165, 1.54) is 24.0 Å². The molecule has 2 aliphatic rings. The summed E-state index contributed by atoms with van der Waals surface area (Å²) in [5.41, 5.74) is 6.15. The highest BCUT2D eigenvalue weighted by Gasteiger charge is 2.58. The van der Waals surface area contributed by atoms with Crippen molar-refractivity contribution in [3.05, 3.63) is 59.4 Å². The number of imide groups is 1. The van der Waals surface area contributed by atoms with Crippen LogP contribution in [0.5, 0.6) is 0 Å². The van der Waals surface area contributed by atoms with Crippen molar-refractivity contribution in [2.24, 2.45) is 5.73 Å². The summed E-state index contributed by atoms with van der Waals surface area (Å²) in [4.78, 5) is 52.0. The van der Waals surface area contributed by atoms with Crippen LogP contribution >= 0.6 is 0 Å². The molecule has 9 heteroatoms. The molecule has 1 aliphatic heterocycles. The maximum Gasteiger partial charge on any atom is 0.332 e. The molecule has 2 fully saturated rings. The lowest BCUT2D eigenvalue weighted by Crippen LogP contribution is -2.51. The number of primary amides is 1. The Labute approximate surface area is 229 Å². The maximum atomic E-state index is 14.8. The summed E-state index contributed by atoms with van der Waals surface area (Å²) >= 11 is 0. The van der Waals surface area contributed by atoms with Crippen molar-refractivity contribution in [3.63, 3.8) is 0 Å². The fourth-order valence-corrected chi connectivity index (χ4v) is 5.44. The van der Waals surface area contributed by atoms with Crippen LogP contribution in [0.1, 0.15) is 89.7 Å². The number of urea groups is 1. The lowest BCUT2D eigenvalue weighted by atomic mass is 9.80. The highest BCUT2D eigenvalue weighted by molar-refractivity contribution is 6.18. The SMILES string of the molecule is CC(C)c1cccc(C(C)C)c1NC(=O)CN1C(=O)N(c2ccccc2F)C2(CCCCC2)C1=O.CC(N)=O. The number of carbonyl (C=O) groups excluding carboxylic acids is 4. The highest BCUT2D eigenvalue weighted by atomic mass is 19.1. The first-order valence-electron chi connectivity index (χ1n) is 13.5. The molecule has 1 spiro atoms.